The lowest BCUT2D eigenvalue weighted by Gasteiger charge is -2.20. The van der Waals surface area contributed by atoms with Crippen molar-refractivity contribution in [2.75, 3.05) is 44.1 Å². The molecular weight excluding hydrogens is 292 g/mol. The summed E-state index contributed by atoms with van der Waals surface area (Å²) in [4.78, 5) is 10.7. The van der Waals surface area contributed by atoms with Crippen molar-refractivity contribution in [3.63, 3.8) is 0 Å². The van der Waals surface area contributed by atoms with E-state index in [2.05, 4.69) is 32.3 Å². The predicted molar refractivity (Wildman–Crippen MR) is 90.4 cm³/mol. The highest BCUT2D eigenvalue weighted by Gasteiger charge is 2.23. The fourth-order valence-corrected chi connectivity index (χ4v) is 2.85. The minimum absolute atomic E-state index is 0.578. The number of rotatable bonds is 6. The monoisotopic (exact) mass is 314 g/mol. The molecule has 1 aromatic carbocycles. The Balaban J connectivity index is 1.61. The number of methoxy groups -OCH3 is 2. The van der Waals surface area contributed by atoms with Crippen LogP contribution in [-0.4, -0.2) is 43.8 Å². The Labute approximate surface area is 136 Å². The normalized spacial score (nSPS) is 17.1. The van der Waals surface area contributed by atoms with Crippen LogP contribution in [0.25, 0.3) is 0 Å². The molecule has 2 aromatic rings. The molecule has 1 N–H and O–H groups in total. The SMILES string of the molecule is COc1cc(OC)cc(N2CC[C@@H](CNc3cnccn3)C2)c1. The van der Waals surface area contributed by atoms with Gasteiger partial charge >= 0.3 is 0 Å². The molecule has 1 aliphatic rings. The highest BCUT2D eigenvalue weighted by Crippen LogP contribution is 2.31. The molecule has 1 fully saturated rings. The molecule has 6 heteroatoms. The van der Waals surface area contributed by atoms with Crippen molar-refractivity contribution >= 4 is 11.5 Å². The topological polar surface area (TPSA) is 59.5 Å². The van der Waals surface area contributed by atoms with Crippen molar-refractivity contribution in [1.29, 1.82) is 0 Å². The van der Waals surface area contributed by atoms with E-state index in [9.17, 15) is 0 Å². The summed E-state index contributed by atoms with van der Waals surface area (Å²) in [6.07, 6.45) is 6.27. The molecule has 0 bridgehead atoms. The third-order valence-corrected chi connectivity index (χ3v) is 4.12. The van der Waals surface area contributed by atoms with Gasteiger partial charge in [-0.2, -0.15) is 0 Å². The number of aromatic nitrogens is 2. The van der Waals surface area contributed by atoms with Gasteiger partial charge in [0.05, 0.1) is 20.4 Å². The molecule has 0 aliphatic carbocycles. The fourth-order valence-electron chi connectivity index (χ4n) is 2.85. The van der Waals surface area contributed by atoms with Crippen molar-refractivity contribution in [2.24, 2.45) is 5.92 Å². The van der Waals surface area contributed by atoms with Gasteiger partial charge in [-0.3, -0.25) is 4.98 Å². The minimum atomic E-state index is 0.578. The van der Waals surface area contributed by atoms with Gasteiger partial charge in [-0.25, -0.2) is 4.98 Å². The highest BCUT2D eigenvalue weighted by molar-refractivity contribution is 5.56. The van der Waals surface area contributed by atoms with E-state index in [0.29, 0.717) is 5.92 Å². The Morgan fingerprint density at radius 1 is 1.17 bits per heavy atom. The second-order valence-electron chi connectivity index (χ2n) is 5.64. The van der Waals surface area contributed by atoms with Gasteiger partial charge in [-0.1, -0.05) is 0 Å². The van der Waals surface area contributed by atoms with Crippen molar-refractivity contribution in [3.8, 4) is 11.5 Å². The van der Waals surface area contributed by atoms with E-state index in [1.165, 1.54) is 0 Å². The van der Waals surface area contributed by atoms with Gasteiger partial charge in [-0.05, 0) is 12.3 Å². The van der Waals surface area contributed by atoms with E-state index in [4.69, 9.17) is 9.47 Å². The molecule has 23 heavy (non-hydrogen) atoms. The van der Waals surface area contributed by atoms with Gasteiger partial charge in [0.25, 0.3) is 0 Å². The van der Waals surface area contributed by atoms with Gasteiger partial charge in [0.2, 0.25) is 0 Å². The Hall–Kier alpha value is -2.50. The summed E-state index contributed by atoms with van der Waals surface area (Å²) in [6, 6.07) is 6.01. The van der Waals surface area contributed by atoms with Crippen molar-refractivity contribution in [2.45, 2.75) is 6.42 Å². The zero-order valence-corrected chi connectivity index (χ0v) is 13.5. The molecule has 1 aromatic heterocycles. The molecule has 3 rings (SSSR count). The first-order chi connectivity index (χ1) is 11.3. The maximum atomic E-state index is 5.35. The van der Waals surface area contributed by atoms with E-state index in [1.807, 2.05) is 6.07 Å². The van der Waals surface area contributed by atoms with Crippen LogP contribution in [0.4, 0.5) is 11.5 Å². The third kappa shape index (κ3) is 3.83. The molecule has 0 radical (unpaired) electrons. The molecule has 0 amide bonds. The molecule has 0 unspecified atom stereocenters. The number of hydrogen-bond acceptors (Lipinski definition) is 6. The molecule has 0 spiro atoms. The van der Waals surface area contributed by atoms with Gasteiger partial charge in [0.15, 0.2) is 0 Å². The van der Waals surface area contributed by atoms with Crippen molar-refractivity contribution in [1.82, 2.24) is 9.97 Å². The summed E-state index contributed by atoms with van der Waals surface area (Å²) in [6.45, 7) is 2.93. The van der Waals surface area contributed by atoms with Crippen LogP contribution >= 0.6 is 0 Å². The maximum Gasteiger partial charge on any atom is 0.144 e. The Morgan fingerprint density at radius 3 is 2.61 bits per heavy atom. The summed E-state index contributed by atoms with van der Waals surface area (Å²) in [5.74, 6) is 3.05. The number of ether oxygens (including phenoxy) is 2. The number of anilines is 2. The van der Waals surface area contributed by atoms with Gasteiger partial charge in [-0.15, -0.1) is 0 Å². The first kappa shape index (κ1) is 15.4. The number of benzene rings is 1. The summed E-state index contributed by atoms with van der Waals surface area (Å²) in [7, 11) is 3.35. The molecule has 1 saturated heterocycles. The molecule has 1 aliphatic heterocycles. The lowest BCUT2D eigenvalue weighted by molar-refractivity contribution is 0.394. The molecular formula is C17H22N4O2. The Kier molecular flexibility index (Phi) is 4.80. The highest BCUT2D eigenvalue weighted by atomic mass is 16.5. The second-order valence-corrected chi connectivity index (χ2v) is 5.64. The maximum absolute atomic E-state index is 5.35. The molecule has 122 valence electrons. The fraction of sp³-hybridized carbons (Fsp3) is 0.412. The number of hydrogen-bond donors (Lipinski definition) is 1. The Bertz CT molecular complexity index is 613. The summed E-state index contributed by atoms with van der Waals surface area (Å²) in [5, 5.41) is 3.35. The average Bonchev–Trinajstić information content (AvgIpc) is 3.09. The third-order valence-electron chi connectivity index (χ3n) is 4.12. The zero-order chi connectivity index (χ0) is 16.1. The summed E-state index contributed by atoms with van der Waals surface area (Å²) in [5.41, 5.74) is 1.14. The van der Waals surface area contributed by atoms with Crippen LogP contribution in [0.1, 0.15) is 6.42 Å². The average molecular weight is 314 g/mol. The smallest absolute Gasteiger partial charge is 0.144 e. The minimum Gasteiger partial charge on any atom is -0.497 e. The first-order valence-electron chi connectivity index (χ1n) is 7.76. The van der Waals surface area contributed by atoms with E-state index in [0.717, 1.165) is 49.1 Å². The largest absolute Gasteiger partial charge is 0.497 e. The van der Waals surface area contributed by atoms with E-state index in [1.54, 1.807) is 32.8 Å². The van der Waals surface area contributed by atoms with Crippen LogP contribution in [0.15, 0.2) is 36.8 Å². The molecule has 1 atom stereocenters. The van der Waals surface area contributed by atoms with E-state index >= 15 is 0 Å². The first-order valence-corrected chi connectivity index (χ1v) is 7.76. The molecule has 0 saturated carbocycles. The predicted octanol–water partition coefficient (Wildman–Crippen LogP) is 2.43. The van der Waals surface area contributed by atoms with Crippen LogP contribution in [-0.2, 0) is 0 Å². The lowest BCUT2D eigenvalue weighted by Crippen LogP contribution is -2.22. The van der Waals surface area contributed by atoms with Crippen LogP contribution < -0.4 is 19.7 Å². The van der Waals surface area contributed by atoms with Gasteiger partial charge < -0.3 is 19.7 Å². The zero-order valence-electron chi connectivity index (χ0n) is 13.5. The molecule has 6 nitrogen and oxygen atoms in total. The second kappa shape index (κ2) is 7.17. The van der Waals surface area contributed by atoms with Crippen LogP contribution in [0.2, 0.25) is 0 Å². The summed E-state index contributed by atoms with van der Waals surface area (Å²) >= 11 is 0. The lowest BCUT2D eigenvalue weighted by atomic mass is 10.1. The van der Waals surface area contributed by atoms with Crippen molar-refractivity contribution < 1.29 is 9.47 Å². The summed E-state index contributed by atoms with van der Waals surface area (Å²) < 4.78 is 10.7. The molecule has 2 heterocycles. The van der Waals surface area contributed by atoms with Gasteiger partial charge in [0, 0.05) is 55.9 Å². The van der Waals surface area contributed by atoms with Gasteiger partial charge in [0.1, 0.15) is 17.3 Å². The van der Waals surface area contributed by atoms with Crippen LogP contribution in [0.3, 0.4) is 0 Å². The number of nitrogens with one attached hydrogen (secondary N) is 1. The van der Waals surface area contributed by atoms with E-state index in [-0.39, 0.29) is 0 Å². The Morgan fingerprint density at radius 2 is 1.96 bits per heavy atom. The quantitative estimate of drug-likeness (QED) is 0.884. The standard InChI is InChI=1S/C17H22N4O2/c1-22-15-7-14(8-16(9-15)23-2)21-6-3-13(12-21)10-20-17-11-18-4-5-19-17/h4-5,7-9,11,13H,3,6,10,12H2,1-2H3,(H,19,20)/t13-/m0/s1. The van der Waals surface area contributed by atoms with Crippen molar-refractivity contribution in [3.05, 3.63) is 36.8 Å². The number of nitrogens with zero attached hydrogens (tertiary/aromatic N) is 3. The van der Waals surface area contributed by atoms with E-state index < -0.39 is 0 Å². The van der Waals surface area contributed by atoms with Crippen LogP contribution in [0.5, 0.6) is 11.5 Å². The van der Waals surface area contributed by atoms with Crippen LogP contribution in [0, 0.1) is 5.92 Å².